The average molecular weight is 460 g/mol. The third-order valence-electron chi connectivity index (χ3n) is 5.70. The molecular weight excluding hydrogens is 430 g/mol. The predicted octanol–water partition coefficient (Wildman–Crippen LogP) is 3.76. The van der Waals surface area contributed by atoms with Gasteiger partial charge in [-0.25, -0.2) is 0 Å². The number of benzene rings is 2. The Balaban J connectivity index is 1.63. The Labute approximate surface area is 194 Å². The Hall–Kier alpha value is -2.77. The van der Waals surface area contributed by atoms with Crippen molar-refractivity contribution in [3.63, 3.8) is 0 Å². The highest BCUT2D eigenvalue weighted by Gasteiger charge is 2.25. The molecule has 0 saturated carbocycles. The number of anilines is 1. The number of rotatable bonds is 6. The molecule has 1 aliphatic heterocycles. The maximum Gasteiger partial charge on any atom is 0.255 e. The molecule has 3 rings (SSSR count). The first-order valence-corrected chi connectivity index (χ1v) is 11.0. The molecule has 7 nitrogen and oxygen atoms in total. The van der Waals surface area contributed by atoms with Crippen molar-refractivity contribution in [1.29, 1.82) is 0 Å². The second-order valence-electron chi connectivity index (χ2n) is 7.90. The van der Waals surface area contributed by atoms with Crippen molar-refractivity contribution in [2.75, 3.05) is 52.3 Å². The molecule has 0 bridgehead atoms. The first-order chi connectivity index (χ1) is 15.3. The summed E-state index contributed by atoms with van der Waals surface area (Å²) < 4.78 is 10.6. The van der Waals surface area contributed by atoms with E-state index in [0.29, 0.717) is 36.7 Å². The fourth-order valence-corrected chi connectivity index (χ4v) is 4.26. The molecule has 32 heavy (non-hydrogen) atoms. The molecule has 1 aliphatic rings. The van der Waals surface area contributed by atoms with Gasteiger partial charge in [0.1, 0.15) is 0 Å². The first-order valence-electron chi connectivity index (χ1n) is 10.6. The van der Waals surface area contributed by atoms with Crippen LogP contribution in [0.3, 0.4) is 0 Å². The van der Waals surface area contributed by atoms with Crippen molar-refractivity contribution >= 4 is 29.1 Å². The maximum atomic E-state index is 13.1. The smallest absolute Gasteiger partial charge is 0.255 e. The van der Waals surface area contributed by atoms with Crippen molar-refractivity contribution in [3.05, 3.63) is 52.0 Å². The number of halogens is 1. The number of methoxy groups -OCH3 is 2. The summed E-state index contributed by atoms with van der Waals surface area (Å²) in [5, 5.41) is 3.27. The van der Waals surface area contributed by atoms with E-state index in [1.807, 2.05) is 32.0 Å². The molecule has 2 amide bonds. The van der Waals surface area contributed by atoms with E-state index in [1.54, 1.807) is 17.0 Å². The lowest BCUT2D eigenvalue weighted by atomic mass is 10.1. The first kappa shape index (κ1) is 23.9. The van der Waals surface area contributed by atoms with Gasteiger partial charge in [0.05, 0.1) is 31.4 Å². The Morgan fingerprint density at radius 1 is 1.00 bits per heavy atom. The van der Waals surface area contributed by atoms with Crippen LogP contribution in [0.25, 0.3) is 0 Å². The molecule has 0 aromatic heterocycles. The molecule has 1 heterocycles. The highest BCUT2D eigenvalue weighted by molar-refractivity contribution is 6.35. The lowest BCUT2D eigenvalue weighted by Gasteiger charge is -2.23. The van der Waals surface area contributed by atoms with E-state index in [1.165, 1.54) is 14.2 Å². The van der Waals surface area contributed by atoms with Crippen LogP contribution in [0, 0.1) is 13.8 Å². The van der Waals surface area contributed by atoms with Gasteiger partial charge in [0.25, 0.3) is 5.91 Å². The Morgan fingerprint density at radius 2 is 1.72 bits per heavy atom. The topological polar surface area (TPSA) is 71.1 Å². The molecule has 2 aromatic rings. The lowest BCUT2D eigenvalue weighted by molar-refractivity contribution is -0.117. The molecule has 2 aromatic carbocycles. The molecule has 1 N–H and O–H groups in total. The fourth-order valence-electron chi connectivity index (χ4n) is 3.95. The minimum absolute atomic E-state index is 0.0508. The molecule has 1 fully saturated rings. The van der Waals surface area contributed by atoms with Crippen LogP contribution >= 0.6 is 11.6 Å². The van der Waals surface area contributed by atoms with Crippen molar-refractivity contribution in [2.24, 2.45) is 0 Å². The summed E-state index contributed by atoms with van der Waals surface area (Å²) in [7, 11) is 3.01. The predicted molar refractivity (Wildman–Crippen MR) is 126 cm³/mol. The van der Waals surface area contributed by atoms with E-state index >= 15 is 0 Å². The molecule has 0 radical (unpaired) electrons. The number of para-hydroxylation sites is 1. The number of carbonyl (C=O) groups is 2. The van der Waals surface area contributed by atoms with E-state index in [4.69, 9.17) is 21.1 Å². The largest absolute Gasteiger partial charge is 0.493 e. The molecule has 0 atom stereocenters. The number of nitrogens with zero attached hydrogens (tertiary/aromatic N) is 2. The zero-order chi connectivity index (χ0) is 23.3. The molecule has 0 unspecified atom stereocenters. The second-order valence-corrected chi connectivity index (χ2v) is 8.28. The monoisotopic (exact) mass is 459 g/mol. The van der Waals surface area contributed by atoms with Crippen LogP contribution in [0.15, 0.2) is 30.3 Å². The van der Waals surface area contributed by atoms with Gasteiger partial charge < -0.3 is 19.7 Å². The minimum atomic E-state index is -0.155. The minimum Gasteiger partial charge on any atom is -0.493 e. The average Bonchev–Trinajstić information content (AvgIpc) is 3.01. The van der Waals surface area contributed by atoms with Crippen molar-refractivity contribution in [3.8, 4) is 11.5 Å². The number of aryl methyl sites for hydroxylation is 2. The van der Waals surface area contributed by atoms with Crippen molar-refractivity contribution in [2.45, 2.75) is 20.3 Å². The zero-order valence-electron chi connectivity index (χ0n) is 19.0. The number of hydrogen-bond acceptors (Lipinski definition) is 5. The normalized spacial score (nSPS) is 14.6. The van der Waals surface area contributed by atoms with Gasteiger partial charge in [0, 0.05) is 31.9 Å². The highest BCUT2D eigenvalue weighted by Crippen LogP contribution is 2.37. The molecular formula is C24H30ClN3O4. The van der Waals surface area contributed by atoms with Crippen LogP contribution in [0.4, 0.5) is 5.69 Å². The molecule has 0 aliphatic carbocycles. The number of hydrogen-bond donors (Lipinski definition) is 1. The second kappa shape index (κ2) is 10.7. The summed E-state index contributed by atoms with van der Waals surface area (Å²) >= 11 is 6.43. The Morgan fingerprint density at radius 3 is 2.38 bits per heavy atom. The van der Waals surface area contributed by atoms with Gasteiger partial charge in [-0.05, 0) is 43.5 Å². The number of nitrogens with one attached hydrogen (secondary N) is 1. The van der Waals surface area contributed by atoms with Crippen LogP contribution in [0.1, 0.15) is 27.9 Å². The lowest BCUT2D eigenvalue weighted by Crippen LogP contribution is -2.38. The zero-order valence-corrected chi connectivity index (χ0v) is 19.8. The van der Waals surface area contributed by atoms with Crippen LogP contribution in [-0.2, 0) is 4.79 Å². The van der Waals surface area contributed by atoms with Crippen LogP contribution in [0.5, 0.6) is 11.5 Å². The van der Waals surface area contributed by atoms with E-state index in [-0.39, 0.29) is 23.4 Å². The van der Waals surface area contributed by atoms with Gasteiger partial charge in [-0.2, -0.15) is 0 Å². The van der Waals surface area contributed by atoms with E-state index in [9.17, 15) is 9.59 Å². The van der Waals surface area contributed by atoms with Crippen molar-refractivity contribution < 1.29 is 19.1 Å². The van der Waals surface area contributed by atoms with E-state index < -0.39 is 0 Å². The SMILES string of the molecule is COc1ccc(C(=O)N2CCCN(CC(=O)Nc3c(C)cccc3C)CC2)c(Cl)c1OC. The van der Waals surface area contributed by atoms with Gasteiger partial charge in [0.2, 0.25) is 5.91 Å². The standard InChI is InChI=1S/C24H30ClN3O4/c1-16-7-5-8-17(2)22(16)26-20(29)15-27-11-6-12-28(14-13-27)24(30)18-9-10-19(31-3)23(32-4)21(18)25/h5,7-10H,6,11-15H2,1-4H3,(H,26,29). The quantitative estimate of drug-likeness (QED) is 0.712. The third-order valence-corrected chi connectivity index (χ3v) is 6.08. The van der Waals surface area contributed by atoms with Crippen LogP contribution in [0.2, 0.25) is 5.02 Å². The third kappa shape index (κ3) is 5.34. The highest BCUT2D eigenvalue weighted by atomic mass is 35.5. The number of amides is 2. The Bertz CT molecular complexity index is 975. The van der Waals surface area contributed by atoms with Gasteiger partial charge in [-0.1, -0.05) is 29.8 Å². The molecule has 1 saturated heterocycles. The maximum absolute atomic E-state index is 13.1. The van der Waals surface area contributed by atoms with Crippen LogP contribution < -0.4 is 14.8 Å². The number of carbonyl (C=O) groups excluding carboxylic acids is 2. The van der Waals surface area contributed by atoms with Gasteiger partial charge in [0.15, 0.2) is 11.5 Å². The van der Waals surface area contributed by atoms with E-state index in [0.717, 1.165) is 29.8 Å². The summed E-state index contributed by atoms with van der Waals surface area (Å²) in [4.78, 5) is 29.6. The number of ether oxygens (including phenoxy) is 2. The van der Waals surface area contributed by atoms with Crippen LogP contribution in [-0.4, -0.2) is 68.6 Å². The summed E-state index contributed by atoms with van der Waals surface area (Å²) in [6.07, 6.45) is 0.771. The van der Waals surface area contributed by atoms with Gasteiger partial charge in [-0.3, -0.25) is 14.5 Å². The van der Waals surface area contributed by atoms with Crippen molar-refractivity contribution in [1.82, 2.24) is 9.80 Å². The van der Waals surface area contributed by atoms with Gasteiger partial charge >= 0.3 is 0 Å². The Kier molecular flexibility index (Phi) is 7.99. The summed E-state index contributed by atoms with van der Waals surface area (Å²) in [5.74, 6) is 0.619. The molecule has 172 valence electrons. The molecule has 0 spiro atoms. The van der Waals surface area contributed by atoms with Gasteiger partial charge in [-0.15, -0.1) is 0 Å². The fraction of sp³-hybridized carbons (Fsp3) is 0.417. The summed E-state index contributed by atoms with van der Waals surface area (Å²) in [6.45, 7) is 6.71. The molecule has 8 heteroatoms. The summed E-state index contributed by atoms with van der Waals surface area (Å²) in [6, 6.07) is 9.28. The van der Waals surface area contributed by atoms with E-state index in [2.05, 4.69) is 10.2 Å². The summed E-state index contributed by atoms with van der Waals surface area (Å²) in [5.41, 5.74) is 3.33.